The van der Waals surface area contributed by atoms with Gasteiger partial charge in [-0.3, -0.25) is 0 Å². The van der Waals surface area contributed by atoms with Gasteiger partial charge < -0.3 is 0 Å². The van der Waals surface area contributed by atoms with Crippen LogP contribution in [0.4, 0.5) is 0 Å². The summed E-state index contributed by atoms with van der Waals surface area (Å²) in [6, 6.07) is 0. The summed E-state index contributed by atoms with van der Waals surface area (Å²) in [6.45, 7) is 4.40. The molecule has 2 aromatic rings. The van der Waals surface area contributed by atoms with Gasteiger partial charge in [-0.25, -0.2) is 0 Å². The second kappa shape index (κ2) is 3.48. The zero-order valence-corrected chi connectivity index (χ0v) is 7.91. The van der Waals surface area contributed by atoms with Crippen molar-refractivity contribution in [2.75, 3.05) is 0 Å². The smallest absolute Gasteiger partial charge is 0.177 e. The first kappa shape index (κ1) is 8.73. The van der Waals surface area contributed by atoms with E-state index >= 15 is 0 Å². The fraction of sp³-hybridized carbons (Fsp3) is 0.667. The van der Waals surface area contributed by atoms with E-state index in [0.29, 0.717) is 18.2 Å². The van der Waals surface area contributed by atoms with E-state index < -0.39 is 0 Å². The molecule has 0 saturated heterocycles. The Kier molecular flexibility index (Phi) is 2.17. The summed E-state index contributed by atoms with van der Waals surface area (Å²) < 4.78 is 0. The van der Waals surface area contributed by atoms with Gasteiger partial charge in [-0.2, -0.15) is 10.0 Å². The minimum Gasteiger partial charge on any atom is -0.177 e. The van der Waals surface area contributed by atoms with Crippen LogP contribution < -0.4 is 0 Å². The Morgan fingerprint density at radius 1 is 1.36 bits per heavy atom. The van der Waals surface area contributed by atoms with E-state index in [1.54, 1.807) is 0 Å². The standard InChI is InChI=1S/C6H10N8/c1-4(2)6-9-13-14(10-6)3-5-7-11-12-8-5/h4H,3H2,1-2H3,(H,7,8,11,12). The minimum atomic E-state index is 0.272. The van der Waals surface area contributed by atoms with Crippen LogP contribution in [0.5, 0.6) is 0 Å². The van der Waals surface area contributed by atoms with Gasteiger partial charge in [-0.1, -0.05) is 19.1 Å². The van der Waals surface area contributed by atoms with Crippen LogP contribution in [-0.2, 0) is 6.54 Å². The van der Waals surface area contributed by atoms with E-state index in [1.807, 2.05) is 13.8 Å². The molecule has 2 heterocycles. The van der Waals surface area contributed by atoms with Gasteiger partial charge in [0.05, 0.1) is 0 Å². The van der Waals surface area contributed by atoms with Crippen LogP contribution in [0.2, 0.25) is 0 Å². The third kappa shape index (κ3) is 1.73. The normalized spacial score (nSPS) is 11.1. The molecule has 1 N–H and O–H groups in total. The topological polar surface area (TPSA) is 98.1 Å². The summed E-state index contributed by atoms with van der Waals surface area (Å²) in [5.41, 5.74) is 0. The fourth-order valence-electron chi connectivity index (χ4n) is 0.930. The van der Waals surface area contributed by atoms with Crippen molar-refractivity contribution >= 4 is 0 Å². The Balaban J connectivity index is 2.11. The molecule has 2 rings (SSSR count). The first-order valence-corrected chi connectivity index (χ1v) is 4.25. The number of hydrogen-bond acceptors (Lipinski definition) is 6. The number of nitrogens with one attached hydrogen (secondary N) is 1. The molecule has 0 bridgehead atoms. The number of aromatic amines is 1. The van der Waals surface area contributed by atoms with Gasteiger partial charge in [0.15, 0.2) is 11.6 Å². The van der Waals surface area contributed by atoms with Crippen molar-refractivity contribution in [3.8, 4) is 0 Å². The van der Waals surface area contributed by atoms with E-state index in [2.05, 4.69) is 36.0 Å². The first-order chi connectivity index (χ1) is 6.75. The minimum absolute atomic E-state index is 0.272. The molecule has 0 saturated carbocycles. The lowest BCUT2D eigenvalue weighted by Crippen LogP contribution is -2.06. The quantitative estimate of drug-likeness (QED) is 0.697. The van der Waals surface area contributed by atoms with E-state index in [0.717, 1.165) is 0 Å². The highest BCUT2D eigenvalue weighted by atomic mass is 15.6. The van der Waals surface area contributed by atoms with Crippen molar-refractivity contribution in [1.29, 1.82) is 0 Å². The highest BCUT2D eigenvalue weighted by molar-refractivity contribution is 4.85. The highest BCUT2D eigenvalue weighted by Crippen LogP contribution is 2.05. The summed E-state index contributed by atoms with van der Waals surface area (Å²) in [5.74, 6) is 1.53. The van der Waals surface area contributed by atoms with Gasteiger partial charge in [0, 0.05) is 5.92 Å². The van der Waals surface area contributed by atoms with Crippen LogP contribution in [-0.4, -0.2) is 40.8 Å². The summed E-state index contributed by atoms with van der Waals surface area (Å²) in [7, 11) is 0. The molecule has 0 aliphatic rings. The molecule has 0 radical (unpaired) electrons. The van der Waals surface area contributed by atoms with Crippen molar-refractivity contribution in [3.05, 3.63) is 11.6 Å². The molecule has 0 aliphatic heterocycles. The molecule has 2 aromatic heterocycles. The molecule has 0 fully saturated rings. The molecule has 8 heteroatoms. The molecule has 0 amide bonds. The number of rotatable bonds is 3. The average Bonchev–Trinajstić information content (AvgIpc) is 2.75. The van der Waals surface area contributed by atoms with Crippen molar-refractivity contribution < 1.29 is 0 Å². The number of hydrogen-bond donors (Lipinski definition) is 1. The summed E-state index contributed by atoms with van der Waals surface area (Å²) in [5, 5.41) is 25.3. The second-order valence-corrected chi connectivity index (χ2v) is 3.16. The van der Waals surface area contributed by atoms with Gasteiger partial charge in [-0.15, -0.1) is 20.4 Å². The van der Waals surface area contributed by atoms with Gasteiger partial charge in [0.2, 0.25) is 0 Å². The predicted molar refractivity (Wildman–Crippen MR) is 45.2 cm³/mol. The van der Waals surface area contributed by atoms with E-state index in [9.17, 15) is 0 Å². The molecular formula is C6H10N8. The van der Waals surface area contributed by atoms with E-state index in [-0.39, 0.29) is 5.92 Å². The van der Waals surface area contributed by atoms with Crippen LogP contribution in [0.15, 0.2) is 0 Å². The summed E-state index contributed by atoms with van der Waals surface area (Å²) in [6.07, 6.45) is 0. The number of aromatic nitrogens is 8. The Morgan fingerprint density at radius 3 is 2.79 bits per heavy atom. The van der Waals surface area contributed by atoms with Crippen LogP contribution in [0, 0.1) is 0 Å². The molecule has 8 nitrogen and oxygen atoms in total. The Bertz CT molecular complexity index is 388. The summed E-state index contributed by atoms with van der Waals surface area (Å²) in [4.78, 5) is 1.44. The fourth-order valence-corrected chi connectivity index (χ4v) is 0.930. The summed E-state index contributed by atoms with van der Waals surface area (Å²) >= 11 is 0. The lowest BCUT2D eigenvalue weighted by molar-refractivity contribution is 0.551. The molecule has 0 atom stereocenters. The van der Waals surface area contributed by atoms with Crippen LogP contribution in [0.3, 0.4) is 0 Å². The average molecular weight is 194 g/mol. The molecular weight excluding hydrogens is 184 g/mol. The Labute approximate surface area is 79.7 Å². The lowest BCUT2D eigenvalue weighted by Gasteiger charge is -1.93. The Hall–Kier alpha value is -1.86. The first-order valence-electron chi connectivity index (χ1n) is 4.25. The maximum Gasteiger partial charge on any atom is 0.197 e. The van der Waals surface area contributed by atoms with Gasteiger partial charge in [-0.05, 0) is 5.21 Å². The molecule has 74 valence electrons. The molecule has 14 heavy (non-hydrogen) atoms. The molecule has 0 spiro atoms. The molecule has 0 aliphatic carbocycles. The monoisotopic (exact) mass is 194 g/mol. The predicted octanol–water partition coefficient (Wildman–Crippen LogP) is -0.642. The molecule has 0 aromatic carbocycles. The second-order valence-electron chi connectivity index (χ2n) is 3.16. The van der Waals surface area contributed by atoms with E-state index in [4.69, 9.17) is 0 Å². The molecule has 0 unspecified atom stereocenters. The van der Waals surface area contributed by atoms with Crippen LogP contribution in [0.1, 0.15) is 31.4 Å². The van der Waals surface area contributed by atoms with Gasteiger partial charge >= 0.3 is 0 Å². The third-order valence-electron chi connectivity index (χ3n) is 1.66. The number of H-pyrrole nitrogens is 1. The largest absolute Gasteiger partial charge is 0.197 e. The zero-order valence-electron chi connectivity index (χ0n) is 7.91. The van der Waals surface area contributed by atoms with Gasteiger partial charge in [0.1, 0.15) is 6.54 Å². The number of tetrazole rings is 2. The van der Waals surface area contributed by atoms with Crippen molar-refractivity contribution in [2.45, 2.75) is 26.3 Å². The number of nitrogens with zero attached hydrogens (tertiary/aromatic N) is 7. The third-order valence-corrected chi connectivity index (χ3v) is 1.66. The van der Waals surface area contributed by atoms with Crippen molar-refractivity contribution in [2.24, 2.45) is 0 Å². The van der Waals surface area contributed by atoms with Crippen molar-refractivity contribution in [3.63, 3.8) is 0 Å². The van der Waals surface area contributed by atoms with Gasteiger partial charge in [0.25, 0.3) is 0 Å². The zero-order chi connectivity index (χ0) is 9.97. The van der Waals surface area contributed by atoms with E-state index in [1.165, 1.54) is 4.80 Å². The van der Waals surface area contributed by atoms with Crippen LogP contribution in [0.25, 0.3) is 0 Å². The lowest BCUT2D eigenvalue weighted by atomic mass is 10.2. The maximum atomic E-state index is 4.16. The maximum absolute atomic E-state index is 4.16. The SMILES string of the molecule is CC(C)c1nnn(Cc2nn[nH]n2)n1. The van der Waals surface area contributed by atoms with Crippen molar-refractivity contribution in [1.82, 2.24) is 40.8 Å². The highest BCUT2D eigenvalue weighted by Gasteiger charge is 2.08. The van der Waals surface area contributed by atoms with Crippen LogP contribution >= 0.6 is 0 Å². The Morgan fingerprint density at radius 2 is 2.21 bits per heavy atom.